The van der Waals surface area contributed by atoms with Crippen molar-refractivity contribution in [2.45, 2.75) is 111 Å². The van der Waals surface area contributed by atoms with Crippen molar-refractivity contribution in [3.8, 4) is 0 Å². The summed E-state index contributed by atoms with van der Waals surface area (Å²) in [6.07, 6.45) is 12.0. The molecule has 0 aromatic heterocycles. The summed E-state index contributed by atoms with van der Waals surface area (Å²) in [6.45, 7) is 12.4. The predicted molar refractivity (Wildman–Crippen MR) is 119 cm³/mol. The van der Waals surface area contributed by atoms with E-state index in [1.165, 1.54) is 25.7 Å². The molecule has 5 aliphatic rings. The Hall–Kier alpha value is -0.570. The molecule has 5 unspecified atom stereocenters. The van der Waals surface area contributed by atoms with Crippen molar-refractivity contribution in [3.63, 3.8) is 0 Å². The quantitative estimate of drug-likeness (QED) is 0.528. The van der Waals surface area contributed by atoms with E-state index in [-0.39, 0.29) is 16.9 Å². The van der Waals surface area contributed by atoms with Crippen molar-refractivity contribution in [1.29, 1.82) is 0 Å². The summed E-state index contributed by atoms with van der Waals surface area (Å²) >= 11 is 0. The van der Waals surface area contributed by atoms with Crippen LogP contribution in [0.2, 0.25) is 0 Å². The molecule has 2 N–H and O–H groups in total. The molecule has 0 saturated heterocycles. The van der Waals surface area contributed by atoms with Crippen LogP contribution in [0.15, 0.2) is 0 Å². The molecule has 5 rings (SSSR count). The summed E-state index contributed by atoms with van der Waals surface area (Å²) in [5.41, 5.74) is 0.444. The Bertz CT molecular complexity index is 744. The second-order valence-electron chi connectivity index (χ2n) is 13.5. The van der Waals surface area contributed by atoms with E-state index < -0.39 is 11.4 Å². The maximum Gasteiger partial charge on any atom is 0.309 e. The number of aliphatic hydroxyl groups excluding tert-OH is 1. The molecule has 0 aromatic rings. The molecular weight excluding hydrogens is 372 g/mol. The van der Waals surface area contributed by atoms with Crippen LogP contribution in [0.1, 0.15) is 105 Å². The molecule has 3 nitrogen and oxygen atoms in total. The zero-order valence-electron chi connectivity index (χ0n) is 20.0. The van der Waals surface area contributed by atoms with E-state index in [0.29, 0.717) is 34.5 Å². The topological polar surface area (TPSA) is 57.5 Å². The maximum atomic E-state index is 12.4. The van der Waals surface area contributed by atoms with Gasteiger partial charge in [0.05, 0.1) is 11.5 Å². The molecule has 0 aliphatic heterocycles. The molecule has 9 atom stereocenters. The fraction of sp³-hybridized carbons (Fsp3) is 0.963. The molecule has 5 saturated carbocycles. The standard InChI is InChI=1S/C27H44O3/c1-23(2)19-10-14-26(5)20(24(19,3)13-11-21(23)28)9-8-17-18-7-6-12-27(18,22(29)30)16-15-25(17,26)4/h17-21,28H,6-16H2,1-5H3,(H,29,30)/t17?,18?,19?,20?,21-,24?,25+,26+,27-/m0/s1. The van der Waals surface area contributed by atoms with Gasteiger partial charge in [0.15, 0.2) is 0 Å². The molecule has 5 fully saturated rings. The Morgan fingerprint density at radius 3 is 2.17 bits per heavy atom. The van der Waals surface area contributed by atoms with E-state index >= 15 is 0 Å². The summed E-state index contributed by atoms with van der Waals surface area (Å²) in [5, 5.41) is 21.0. The summed E-state index contributed by atoms with van der Waals surface area (Å²) in [6, 6.07) is 0. The van der Waals surface area contributed by atoms with Crippen LogP contribution in [0.4, 0.5) is 0 Å². The van der Waals surface area contributed by atoms with E-state index in [0.717, 1.165) is 44.9 Å². The Labute approximate surface area is 183 Å². The van der Waals surface area contributed by atoms with E-state index in [9.17, 15) is 15.0 Å². The first-order valence-corrected chi connectivity index (χ1v) is 12.8. The molecule has 0 amide bonds. The Morgan fingerprint density at radius 1 is 0.733 bits per heavy atom. The highest BCUT2D eigenvalue weighted by Crippen LogP contribution is 2.76. The van der Waals surface area contributed by atoms with Crippen LogP contribution < -0.4 is 0 Å². The molecule has 0 spiro atoms. The van der Waals surface area contributed by atoms with E-state index in [1.54, 1.807) is 0 Å². The van der Waals surface area contributed by atoms with Crippen LogP contribution in [0.3, 0.4) is 0 Å². The second-order valence-corrected chi connectivity index (χ2v) is 13.5. The molecule has 5 aliphatic carbocycles. The number of fused-ring (bicyclic) bond motifs is 7. The van der Waals surface area contributed by atoms with Gasteiger partial charge in [-0.2, -0.15) is 0 Å². The van der Waals surface area contributed by atoms with Crippen molar-refractivity contribution < 1.29 is 15.0 Å². The molecule has 170 valence electrons. The van der Waals surface area contributed by atoms with Crippen LogP contribution in [-0.2, 0) is 4.79 Å². The third-order valence-corrected chi connectivity index (χ3v) is 12.8. The van der Waals surface area contributed by atoms with Crippen LogP contribution in [0.5, 0.6) is 0 Å². The number of carboxylic acid groups (broad SMARTS) is 1. The third-order valence-electron chi connectivity index (χ3n) is 12.8. The van der Waals surface area contributed by atoms with Gasteiger partial charge in [0, 0.05) is 0 Å². The van der Waals surface area contributed by atoms with Crippen LogP contribution in [0.25, 0.3) is 0 Å². The smallest absolute Gasteiger partial charge is 0.309 e. The van der Waals surface area contributed by atoms with Gasteiger partial charge in [-0.05, 0) is 110 Å². The Kier molecular flexibility index (Phi) is 4.45. The van der Waals surface area contributed by atoms with Crippen molar-refractivity contribution >= 4 is 5.97 Å². The largest absolute Gasteiger partial charge is 0.481 e. The lowest BCUT2D eigenvalue weighted by molar-refractivity contribution is -0.246. The monoisotopic (exact) mass is 416 g/mol. The number of hydrogen-bond donors (Lipinski definition) is 2. The number of rotatable bonds is 1. The first-order chi connectivity index (χ1) is 13.9. The minimum absolute atomic E-state index is 0.00254. The summed E-state index contributed by atoms with van der Waals surface area (Å²) in [5.74, 6) is 1.77. The van der Waals surface area contributed by atoms with Gasteiger partial charge in [-0.15, -0.1) is 0 Å². The minimum atomic E-state index is -0.502. The average Bonchev–Trinajstić information content (AvgIpc) is 3.11. The van der Waals surface area contributed by atoms with Gasteiger partial charge in [-0.25, -0.2) is 0 Å². The third kappa shape index (κ3) is 2.29. The van der Waals surface area contributed by atoms with Gasteiger partial charge in [0.2, 0.25) is 0 Å². The average molecular weight is 417 g/mol. The zero-order valence-corrected chi connectivity index (χ0v) is 20.0. The van der Waals surface area contributed by atoms with Gasteiger partial charge in [-0.3, -0.25) is 4.79 Å². The highest BCUT2D eigenvalue weighted by Gasteiger charge is 2.70. The van der Waals surface area contributed by atoms with Gasteiger partial charge >= 0.3 is 5.97 Å². The number of carbonyl (C=O) groups is 1. The van der Waals surface area contributed by atoms with Crippen LogP contribution >= 0.6 is 0 Å². The van der Waals surface area contributed by atoms with Gasteiger partial charge in [0.25, 0.3) is 0 Å². The van der Waals surface area contributed by atoms with E-state index in [1.807, 2.05) is 0 Å². The van der Waals surface area contributed by atoms with Crippen molar-refractivity contribution in [1.82, 2.24) is 0 Å². The fourth-order valence-corrected chi connectivity index (χ4v) is 10.9. The summed E-state index contributed by atoms with van der Waals surface area (Å²) < 4.78 is 0. The Morgan fingerprint density at radius 2 is 1.47 bits per heavy atom. The van der Waals surface area contributed by atoms with Gasteiger partial charge in [-0.1, -0.05) is 41.0 Å². The zero-order chi connectivity index (χ0) is 21.7. The molecule has 0 radical (unpaired) electrons. The molecule has 0 bridgehead atoms. The van der Waals surface area contributed by atoms with Crippen LogP contribution in [0, 0.1) is 50.7 Å². The SMILES string of the molecule is CC12CC[C@H](O)C(C)(C)C1CC[C@]1(C)C2CCC2C3CCC[C@]3(C(=O)O)CC[C@]21C. The maximum absolute atomic E-state index is 12.4. The highest BCUT2D eigenvalue weighted by molar-refractivity contribution is 5.76. The number of aliphatic carboxylic acids is 1. The van der Waals surface area contributed by atoms with Gasteiger partial charge in [0.1, 0.15) is 0 Å². The number of carboxylic acids is 1. The predicted octanol–water partition coefficient (Wildman–Crippen LogP) is 6.29. The van der Waals surface area contributed by atoms with Gasteiger partial charge < -0.3 is 10.2 Å². The molecule has 30 heavy (non-hydrogen) atoms. The Balaban J connectivity index is 1.53. The first kappa shape index (κ1) is 21.3. The highest BCUT2D eigenvalue weighted by atomic mass is 16.4. The van der Waals surface area contributed by atoms with E-state index in [2.05, 4.69) is 34.6 Å². The number of aliphatic hydroxyl groups is 1. The molecule has 3 heteroatoms. The summed E-state index contributed by atoms with van der Waals surface area (Å²) in [4.78, 5) is 12.4. The normalized spacial score (nSPS) is 56.9. The first-order valence-electron chi connectivity index (χ1n) is 12.8. The van der Waals surface area contributed by atoms with Crippen molar-refractivity contribution in [3.05, 3.63) is 0 Å². The number of hydrogen-bond acceptors (Lipinski definition) is 2. The van der Waals surface area contributed by atoms with Crippen LogP contribution in [-0.4, -0.2) is 22.3 Å². The lowest BCUT2D eigenvalue weighted by Gasteiger charge is -2.72. The molecular formula is C27H44O3. The fourth-order valence-electron chi connectivity index (χ4n) is 10.9. The molecule has 0 aromatic carbocycles. The minimum Gasteiger partial charge on any atom is -0.481 e. The lowest BCUT2D eigenvalue weighted by atomic mass is 9.32. The van der Waals surface area contributed by atoms with Crippen molar-refractivity contribution in [2.75, 3.05) is 0 Å². The van der Waals surface area contributed by atoms with E-state index in [4.69, 9.17) is 0 Å². The second kappa shape index (κ2) is 6.27. The lowest BCUT2D eigenvalue weighted by Crippen LogP contribution is -2.66. The molecule has 0 heterocycles. The summed E-state index contributed by atoms with van der Waals surface area (Å²) in [7, 11) is 0. The van der Waals surface area contributed by atoms with Crippen molar-refractivity contribution in [2.24, 2.45) is 50.7 Å².